The topological polar surface area (TPSA) is 76.0 Å². The van der Waals surface area contributed by atoms with Gasteiger partial charge in [-0.15, -0.1) is 0 Å². The van der Waals surface area contributed by atoms with E-state index in [1.807, 2.05) is 29.8 Å². The zero-order valence-corrected chi connectivity index (χ0v) is 18.6. The average molecular weight is 413 g/mol. The van der Waals surface area contributed by atoms with E-state index in [1.165, 1.54) is 11.3 Å². The highest BCUT2D eigenvalue weighted by atomic mass is 32.1. The molecule has 7 heteroatoms. The van der Waals surface area contributed by atoms with Gasteiger partial charge in [-0.2, -0.15) is 0 Å². The first-order valence-electron chi connectivity index (χ1n) is 9.75. The van der Waals surface area contributed by atoms with Gasteiger partial charge < -0.3 is 9.88 Å². The summed E-state index contributed by atoms with van der Waals surface area (Å²) in [4.78, 5) is 30.0. The summed E-state index contributed by atoms with van der Waals surface area (Å²) in [6.45, 7) is 12.9. The Hall–Kier alpha value is -2.67. The molecule has 0 aliphatic carbocycles. The van der Waals surface area contributed by atoms with Crippen molar-refractivity contribution in [3.8, 4) is 0 Å². The third kappa shape index (κ3) is 4.67. The van der Waals surface area contributed by atoms with Crippen molar-refractivity contribution in [3.05, 3.63) is 47.2 Å². The molecule has 3 aromatic rings. The van der Waals surface area contributed by atoms with Crippen molar-refractivity contribution in [2.75, 3.05) is 11.9 Å². The predicted octanol–water partition coefficient (Wildman–Crippen LogP) is 4.80. The van der Waals surface area contributed by atoms with Crippen molar-refractivity contribution in [2.24, 2.45) is 5.92 Å². The summed E-state index contributed by atoms with van der Waals surface area (Å²) in [7, 11) is 0. The van der Waals surface area contributed by atoms with Gasteiger partial charge in [-0.25, -0.2) is 4.98 Å². The van der Waals surface area contributed by atoms with Gasteiger partial charge in [0.2, 0.25) is 0 Å². The number of thiazole rings is 1. The molecule has 6 nitrogen and oxygen atoms in total. The van der Waals surface area contributed by atoms with Crippen LogP contribution in [0.25, 0.3) is 10.3 Å². The summed E-state index contributed by atoms with van der Waals surface area (Å²) in [6.07, 6.45) is 1.86. The highest BCUT2D eigenvalue weighted by Crippen LogP contribution is 2.34. The minimum Gasteiger partial charge on any atom is -0.352 e. The molecule has 0 saturated carbocycles. The van der Waals surface area contributed by atoms with Gasteiger partial charge in [0, 0.05) is 23.8 Å². The van der Waals surface area contributed by atoms with Crippen LogP contribution >= 0.6 is 11.3 Å². The first-order chi connectivity index (χ1) is 13.6. The molecule has 2 N–H and O–H groups in total. The Labute approximate surface area is 175 Å². The van der Waals surface area contributed by atoms with Crippen molar-refractivity contribution in [1.29, 1.82) is 0 Å². The minimum atomic E-state index is -0.249. The number of amides is 2. The van der Waals surface area contributed by atoms with E-state index >= 15 is 0 Å². The summed E-state index contributed by atoms with van der Waals surface area (Å²) >= 11 is 1.32. The molecule has 154 valence electrons. The Bertz CT molecular complexity index is 1040. The van der Waals surface area contributed by atoms with Gasteiger partial charge in [-0.3, -0.25) is 14.9 Å². The smallest absolute Gasteiger partial charge is 0.257 e. The van der Waals surface area contributed by atoms with Crippen molar-refractivity contribution in [3.63, 3.8) is 0 Å². The quantitative estimate of drug-likeness (QED) is 0.632. The number of carbonyl (C=O) groups excluding carboxylic acids is 2. The fourth-order valence-corrected chi connectivity index (χ4v) is 3.85. The number of anilines is 1. The van der Waals surface area contributed by atoms with E-state index in [2.05, 4.69) is 50.2 Å². The molecule has 0 unspecified atom stereocenters. The maximum atomic E-state index is 12.8. The predicted molar refractivity (Wildman–Crippen MR) is 119 cm³/mol. The Morgan fingerprint density at radius 2 is 1.79 bits per heavy atom. The third-order valence-electron chi connectivity index (χ3n) is 4.51. The van der Waals surface area contributed by atoms with E-state index in [9.17, 15) is 9.59 Å². The van der Waals surface area contributed by atoms with Crippen LogP contribution in [0.1, 0.15) is 60.9 Å². The summed E-state index contributed by atoms with van der Waals surface area (Å²) < 4.78 is 2.77. The minimum absolute atomic E-state index is 0.119. The van der Waals surface area contributed by atoms with Crippen LogP contribution in [-0.2, 0) is 5.54 Å². The maximum Gasteiger partial charge on any atom is 0.257 e. The summed E-state index contributed by atoms with van der Waals surface area (Å²) in [6, 6.07) is 7.38. The molecule has 3 rings (SSSR count). The summed E-state index contributed by atoms with van der Waals surface area (Å²) in [5.74, 6) is 0.0336. The number of nitrogens with one attached hydrogen (secondary N) is 2. The number of hydrogen-bond donors (Lipinski definition) is 2. The molecule has 2 heterocycles. The molecule has 0 aliphatic heterocycles. The van der Waals surface area contributed by atoms with Crippen molar-refractivity contribution in [1.82, 2.24) is 14.9 Å². The summed E-state index contributed by atoms with van der Waals surface area (Å²) in [5, 5.41) is 6.33. The highest BCUT2D eigenvalue weighted by Gasteiger charge is 2.25. The van der Waals surface area contributed by atoms with Crippen LogP contribution in [0.2, 0.25) is 0 Å². The fourth-order valence-electron chi connectivity index (χ4n) is 2.89. The van der Waals surface area contributed by atoms with E-state index in [0.717, 1.165) is 10.3 Å². The number of benzene rings is 1. The molecule has 0 radical (unpaired) electrons. The Balaban J connectivity index is 1.95. The van der Waals surface area contributed by atoms with E-state index < -0.39 is 0 Å². The van der Waals surface area contributed by atoms with Gasteiger partial charge >= 0.3 is 0 Å². The Morgan fingerprint density at radius 3 is 2.38 bits per heavy atom. The molecule has 2 amide bonds. The number of aromatic nitrogens is 2. The largest absolute Gasteiger partial charge is 0.352 e. The van der Waals surface area contributed by atoms with Crippen LogP contribution in [0.5, 0.6) is 0 Å². The highest BCUT2D eigenvalue weighted by molar-refractivity contribution is 7.22. The number of hydrogen-bond acceptors (Lipinski definition) is 4. The molecular formula is C22H28N4O2S. The normalized spacial score (nSPS) is 11.8. The monoisotopic (exact) mass is 412 g/mol. The van der Waals surface area contributed by atoms with Crippen molar-refractivity contribution in [2.45, 2.75) is 47.1 Å². The van der Waals surface area contributed by atoms with E-state index in [-0.39, 0.29) is 17.4 Å². The lowest BCUT2D eigenvalue weighted by molar-refractivity contribution is 0.0949. The zero-order chi connectivity index (χ0) is 21.3. The lowest BCUT2D eigenvalue weighted by atomic mass is 10.1. The number of fused-ring (bicyclic) bond motifs is 1. The second-order valence-corrected chi connectivity index (χ2v) is 9.68. The number of aryl methyl sites for hydroxylation is 1. The van der Waals surface area contributed by atoms with Crippen LogP contribution in [-0.4, -0.2) is 27.9 Å². The van der Waals surface area contributed by atoms with Crippen molar-refractivity contribution >= 4 is 38.6 Å². The van der Waals surface area contributed by atoms with Gasteiger partial charge in [-0.1, -0.05) is 42.9 Å². The Kier molecular flexibility index (Phi) is 5.80. The van der Waals surface area contributed by atoms with Gasteiger partial charge in [0.25, 0.3) is 11.8 Å². The first kappa shape index (κ1) is 21.0. The van der Waals surface area contributed by atoms with E-state index in [1.54, 1.807) is 12.1 Å². The standard InChI is InChI=1S/C22H28N4O2S/c1-13(2)11-23-20(28)16-12-26(22(4,5)6)18-17(16)29-21(24-18)25-19(27)15-9-7-14(3)8-10-15/h7-10,12-13H,11H2,1-6H3,(H,23,28)(H,24,25,27). The molecule has 1 aromatic carbocycles. The SMILES string of the molecule is Cc1ccc(C(=O)Nc2nc3c(s2)c(C(=O)NCC(C)C)cn3C(C)(C)C)cc1. The fraction of sp³-hybridized carbons (Fsp3) is 0.409. The Morgan fingerprint density at radius 1 is 1.14 bits per heavy atom. The van der Waals surface area contributed by atoms with Crippen LogP contribution in [0, 0.1) is 12.8 Å². The van der Waals surface area contributed by atoms with Crippen LogP contribution in [0.15, 0.2) is 30.5 Å². The molecule has 0 saturated heterocycles. The second kappa shape index (κ2) is 7.99. The third-order valence-corrected chi connectivity index (χ3v) is 5.51. The van der Waals surface area contributed by atoms with E-state index in [0.29, 0.717) is 34.4 Å². The molecule has 0 spiro atoms. The maximum absolute atomic E-state index is 12.8. The van der Waals surface area contributed by atoms with Crippen LogP contribution < -0.4 is 10.6 Å². The molecule has 0 fully saturated rings. The lowest BCUT2D eigenvalue weighted by Gasteiger charge is -2.21. The zero-order valence-electron chi connectivity index (χ0n) is 17.8. The lowest BCUT2D eigenvalue weighted by Crippen LogP contribution is -2.27. The number of rotatable bonds is 5. The second-order valence-electron chi connectivity index (χ2n) is 8.68. The van der Waals surface area contributed by atoms with Gasteiger partial charge in [-0.05, 0) is 45.7 Å². The molecule has 0 atom stereocenters. The summed E-state index contributed by atoms with van der Waals surface area (Å²) in [5.41, 5.74) is 2.71. The first-order valence-corrected chi connectivity index (χ1v) is 10.6. The number of carbonyl (C=O) groups is 2. The van der Waals surface area contributed by atoms with Crippen molar-refractivity contribution < 1.29 is 9.59 Å². The van der Waals surface area contributed by atoms with Gasteiger partial charge in [0.05, 0.1) is 10.3 Å². The number of nitrogens with zero attached hydrogens (tertiary/aromatic N) is 2. The van der Waals surface area contributed by atoms with Crippen LogP contribution in [0.3, 0.4) is 0 Å². The molecule has 2 aromatic heterocycles. The molecule has 0 bridgehead atoms. The van der Waals surface area contributed by atoms with Gasteiger partial charge in [0.15, 0.2) is 10.8 Å². The molecule has 0 aliphatic rings. The van der Waals surface area contributed by atoms with E-state index in [4.69, 9.17) is 0 Å². The molecule has 29 heavy (non-hydrogen) atoms. The van der Waals surface area contributed by atoms with Gasteiger partial charge in [0.1, 0.15) is 0 Å². The molecular weight excluding hydrogens is 384 g/mol. The van der Waals surface area contributed by atoms with Crippen LogP contribution in [0.4, 0.5) is 5.13 Å². The average Bonchev–Trinajstić information content (AvgIpc) is 3.18.